The Bertz CT molecular complexity index is 1040. The van der Waals surface area contributed by atoms with E-state index in [4.69, 9.17) is 4.74 Å². The fourth-order valence-corrected chi connectivity index (χ4v) is 4.27. The number of ether oxygens (including phenoxy) is 1. The van der Waals surface area contributed by atoms with E-state index in [0.717, 1.165) is 29.0 Å². The van der Waals surface area contributed by atoms with Crippen molar-refractivity contribution >= 4 is 23.4 Å². The van der Waals surface area contributed by atoms with Crippen molar-refractivity contribution in [3.05, 3.63) is 64.5 Å². The molecule has 1 atom stereocenters. The van der Waals surface area contributed by atoms with E-state index in [-0.39, 0.29) is 17.8 Å². The van der Waals surface area contributed by atoms with Gasteiger partial charge in [-0.1, -0.05) is 48.5 Å². The van der Waals surface area contributed by atoms with Crippen LogP contribution in [0.25, 0.3) is 0 Å². The third-order valence-corrected chi connectivity index (χ3v) is 6.17. The summed E-state index contributed by atoms with van der Waals surface area (Å²) in [4.78, 5) is 12.5. The topological polar surface area (TPSA) is 69.0 Å². The Morgan fingerprint density at radius 3 is 2.39 bits per heavy atom. The Morgan fingerprint density at radius 2 is 1.77 bits per heavy atom. The third kappa shape index (κ3) is 5.67. The molecule has 0 aliphatic carbocycles. The Kier molecular flexibility index (Phi) is 7.38. The van der Waals surface area contributed by atoms with Crippen molar-refractivity contribution in [1.82, 2.24) is 14.8 Å². The molecule has 3 aromatic rings. The number of amides is 1. The van der Waals surface area contributed by atoms with Crippen LogP contribution in [0, 0.1) is 20.8 Å². The maximum absolute atomic E-state index is 12.5. The van der Waals surface area contributed by atoms with Crippen LogP contribution in [0.2, 0.25) is 0 Å². The van der Waals surface area contributed by atoms with Gasteiger partial charge in [0.2, 0.25) is 5.91 Å². The summed E-state index contributed by atoms with van der Waals surface area (Å²) in [6.45, 7) is 10.1. The quantitative estimate of drug-likeness (QED) is 0.491. The number of nitrogens with zero attached hydrogens (tertiary/aromatic N) is 3. The third-order valence-electron chi connectivity index (χ3n) is 5.15. The summed E-state index contributed by atoms with van der Waals surface area (Å²) in [7, 11) is 1.89. The lowest BCUT2D eigenvalue weighted by atomic mass is 10.1. The van der Waals surface area contributed by atoms with E-state index in [0.29, 0.717) is 11.0 Å². The van der Waals surface area contributed by atoms with Crippen molar-refractivity contribution in [2.75, 3.05) is 11.1 Å². The van der Waals surface area contributed by atoms with E-state index in [1.165, 1.54) is 22.9 Å². The standard InChI is InChI=1S/C24H30N4O2S/c1-7-19-8-10-20(11-9-19)30-18(5)23-26-27-24(28(23)6)31-14-21(29)25-22-16(3)12-15(2)13-17(22)4/h8-13,18H,7,14H2,1-6H3,(H,25,29)/t18-/m0/s1. The van der Waals surface area contributed by atoms with E-state index in [2.05, 4.69) is 53.6 Å². The summed E-state index contributed by atoms with van der Waals surface area (Å²) >= 11 is 1.36. The van der Waals surface area contributed by atoms with Gasteiger partial charge in [0.1, 0.15) is 5.75 Å². The SMILES string of the molecule is CCc1ccc(O[C@@H](C)c2nnc(SCC(=O)Nc3c(C)cc(C)cc3C)n2C)cc1. The zero-order valence-corrected chi connectivity index (χ0v) is 19.8. The number of aryl methyl sites for hydroxylation is 4. The lowest BCUT2D eigenvalue weighted by molar-refractivity contribution is -0.113. The van der Waals surface area contributed by atoms with Crippen LogP contribution in [-0.4, -0.2) is 26.4 Å². The Labute approximate surface area is 188 Å². The van der Waals surface area contributed by atoms with Crippen LogP contribution in [-0.2, 0) is 18.3 Å². The molecule has 0 saturated carbocycles. The van der Waals surface area contributed by atoms with Crippen molar-refractivity contribution in [3.8, 4) is 5.75 Å². The second-order valence-electron chi connectivity index (χ2n) is 7.77. The van der Waals surface area contributed by atoms with Crippen LogP contribution in [0.3, 0.4) is 0 Å². The van der Waals surface area contributed by atoms with Crippen molar-refractivity contribution in [2.45, 2.75) is 52.3 Å². The first-order valence-corrected chi connectivity index (χ1v) is 11.4. The largest absolute Gasteiger partial charge is 0.483 e. The molecule has 164 valence electrons. The van der Waals surface area contributed by atoms with Gasteiger partial charge in [-0.05, 0) is 62.9 Å². The summed E-state index contributed by atoms with van der Waals surface area (Å²) in [5.41, 5.74) is 5.47. The van der Waals surface area contributed by atoms with Gasteiger partial charge in [0, 0.05) is 12.7 Å². The van der Waals surface area contributed by atoms with E-state index in [9.17, 15) is 4.79 Å². The molecule has 6 nitrogen and oxygen atoms in total. The highest BCUT2D eigenvalue weighted by Crippen LogP contribution is 2.25. The lowest BCUT2D eigenvalue weighted by Gasteiger charge is -2.15. The lowest BCUT2D eigenvalue weighted by Crippen LogP contribution is -2.16. The number of nitrogens with one attached hydrogen (secondary N) is 1. The normalized spacial score (nSPS) is 11.9. The first kappa shape index (κ1) is 22.9. The van der Waals surface area contributed by atoms with E-state index >= 15 is 0 Å². The Balaban J connectivity index is 1.60. The molecule has 0 aliphatic heterocycles. The molecule has 2 aromatic carbocycles. The molecule has 0 saturated heterocycles. The Morgan fingerprint density at radius 1 is 1.13 bits per heavy atom. The van der Waals surface area contributed by atoms with Gasteiger partial charge < -0.3 is 14.6 Å². The second-order valence-corrected chi connectivity index (χ2v) is 8.71. The molecular formula is C24H30N4O2S. The monoisotopic (exact) mass is 438 g/mol. The predicted molar refractivity (Wildman–Crippen MR) is 126 cm³/mol. The number of hydrogen-bond acceptors (Lipinski definition) is 5. The summed E-state index contributed by atoms with van der Waals surface area (Å²) in [6, 6.07) is 12.2. The summed E-state index contributed by atoms with van der Waals surface area (Å²) < 4.78 is 7.90. The molecule has 0 aliphatic rings. The van der Waals surface area contributed by atoms with E-state index in [1.54, 1.807) is 0 Å². The zero-order valence-electron chi connectivity index (χ0n) is 19.0. The summed E-state index contributed by atoms with van der Waals surface area (Å²) in [6.07, 6.45) is 0.738. The summed E-state index contributed by atoms with van der Waals surface area (Å²) in [5.74, 6) is 1.70. The number of benzene rings is 2. The van der Waals surface area contributed by atoms with E-state index in [1.807, 2.05) is 44.5 Å². The van der Waals surface area contributed by atoms with Crippen LogP contribution in [0.1, 0.15) is 48.0 Å². The first-order valence-electron chi connectivity index (χ1n) is 10.4. The minimum absolute atomic E-state index is 0.0649. The van der Waals surface area contributed by atoms with Crippen LogP contribution in [0.4, 0.5) is 5.69 Å². The number of rotatable bonds is 8. The fraction of sp³-hybridized carbons (Fsp3) is 0.375. The maximum atomic E-state index is 12.5. The molecule has 1 heterocycles. The van der Waals surface area contributed by atoms with Gasteiger partial charge in [0.15, 0.2) is 17.1 Å². The number of hydrogen-bond donors (Lipinski definition) is 1. The second kappa shape index (κ2) is 10.0. The fourth-order valence-electron chi connectivity index (χ4n) is 3.55. The van der Waals surface area contributed by atoms with Gasteiger partial charge in [0.05, 0.1) is 5.75 Å². The highest BCUT2D eigenvalue weighted by atomic mass is 32.2. The van der Waals surface area contributed by atoms with Gasteiger partial charge >= 0.3 is 0 Å². The molecule has 7 heteroatoms. The molecular weight excluding hydrogens is 408 g/mol. The predicted octanol–water partition coefficient (Wildman–Crippen LogP) is 5.17. The maximum Gasteiger partial charge on any atom is 0.234 e. The van der Waals surface area contributed by atoms with Gasteiger partial charge in [-0.2, -0.15) is 0 Å². The molecule has 3 rings (SSSR count). The minimum Gasteiger partial charge on any atom is -0.483 e. The molecule has 0 bridgehead atoms. The van der Waals surface area contributed by atoms with Crippen LogP contribution in [0.15, 0.2) is 41.6 Å². The van der Waals surface area contributed by atoms with Gasteiger partial charge in [-0.25, -0.2) is 0 Å². The average Bonchev–Trinajstić information content (AvgIpc) is 3.10. The van der Waals surface area contributed by atoms with Gasteiger partial charge in [0.25, 0.3) is 0 Å². The first-order chi connectivity index (χ1) is 14.8. The molecule has 0 unspecified atom stereocenters. The summed E-state index contributed by atoms with van der Waals surface area (Å²) in [5, 5.41) is 12.2. The Hall–Kier alpha value is -2.80. The number of thioether (sulfide) groups is 1. The number of carbonyl (C=O) groups excluding carboxylic acids is 1. The number of aromatic nitrogens is 3. The van der Waals surface area contributed by atoms with Gasteiger partial charge in [-0.15, -0.1) is 10.2 Å². The van der Waals surface area contributed by atoms with Crippen molar-refractivity contribution < 1.29 is 9.53 Å². The smallest absolute Gasteiger partial charge is 0.234 e. The molecule has 1 aromatic heterocycles. The zero-order chi connectivity index (χ0) is 22.5. The van der Waals surface area contributed by atoms with Crippen LogP contribution < -0.4 is 10.1 Å². The number of anilines is 1. The molecule has 0 radical (unpaired) electrons. The van der Waals surface area contributed by atoms with Crippen LogP contribution in [0.5, 0.6) is 5.75 Å². The highest BCUT2D eigenvalue weighted by Gasteiger charge is 2.18. The molecule has 1 N–H and O–H groups in total. The van der Waals surface area contributed by atoms with E-state index < -0.39 is 0 Å². The molecule has 0 fully saturated rings. The minimum atomic E-state index is -0.258. The average molecular weight is 439 g/mol. The molecule has 0 spiro atoms. The van der Waals surface area contributed by atoms with Crippen molar-refractivity contribution in [3.63, 3.8) is 0 Å². The molecule has 31 heavy (non-hydrogen) atoms. The van der Waals surface area contributed by atoms with Crippen LogP contribution >= 0.6 is 11.8 Å². The highest BCUT2D eigenvalue weighted by molar-refractivity contribution is 7.99. The van der Waals surface area contributed by atoms with Gasteiger partial charge in [-0.3, -0.25) is 4.79 Å². The number of carbonyl (C=O) groups is 1. The molecule has 1 amide bonds. The van der Waals surface area contributed by atoms with Crippen molar-refractivity contribution in [1.29, 1.82) is 0 Å². The van der Waals surface area contributed by atoms with Crippen molar-refractivity contribution in [2.24, 2.45) is 7.05 Å².